The van der Waals surface area contributed by atoms with Crippen LogP contribution in [0.25, 0.3) is 0 Å². The van der Waals surface area contributed by atoms with Crippen molar-refractivity contribution in [2.24, 2.45) is 0 Å². The summed E-state index contributed by atoms with van der Waals surface area (Å²) in [5.41, 5.74) is 0.818. The molecule has 116 valence electrons. The van der Waals surface area contributed by atoms with Gasteiger partial charge in [-0.2, -0.15) is 4.31 Å². The Balaban J connectivity index is 3.08. The third kappa shape index (κ3) is 4.00. The molecule has 0 unspecified atom stereocenters. The van der Waals surface area contributed by atoms with Gasteiger partial charge in [0.25, 0.3) is 6.43 Å². The van der Waals surface area contributed by atoms with Crippen LogP contribution in [0, 0.1) is 0 Å². The molecule has 0 saturated heterocycles. The van der Waals surface area contributed by atoms with Gasteiger partial charge in [0.2, 0.25) is 10.0 Å². The van der Waals surface area contributed by atoms with Crippen molar-refractivity contribution in [3.05, 3.63) is 18.0 Å². The lowest BCUT2D eigenvalue weighted by Crippen LogP contribution is -2.31. The summed E-state index contributed by atoms with van der Waals surface area (Å²) >= 11 is 0. The number of nitrogens with one attached hydrogen (secondary N) is 1. The van der Waals surface area contributed by atoms with E-state index in [2.05, 4.69) is 5.32 Å². The Hall–Kier alpha value is -0.990. The fourth-order valence-corrected chi connectivity index (χ4v) is 3.13. The Kier molecular flexibility index (Phi) is 6.09. The number of halogens is 2. The first kappa shape index (κ1) is 17.1. The van der Waals surface area contributed by atoms with E-state index < -0.39 is 23.0 Å². The third-order valence-corrected chi connectivity index (χ3v) is 4.68. The van der Waals surface area contributed by atoms with Gasteiger partial charge in [-0.25, -0.2) is 17.2 Å². The molecule has 1 heterocycles. The van der Waals surface area contributed by atoms with Gasteiger partial charge in [-0.3, -0.25) is 0 Å². The number of nitrogens with zero attached hydrogens (tertiary/aromatic N) is 2. The maximum absolute atomic E-state index is 12.3. The molecule has 1 aromatic rings. The standard InChI is InChI=1S/C12H21F2N3O2S/c1-4-5-17-8-11(6-10(17)7-15-2)20(18,19)16(3)9-12(13)14/h6,8,12,15H,4-5,7,9H2,1-3H3. The zero-order valence-corrected chi connectivity index (χ0v) is 12.8. The summed E-state index contributed by atoms with van der Waals surface area (Å²) in [4.78, 5) is 0.0550. The van der Waals surface area contributed by atoms with Crippen molar-refractivity contribution in [2.75, 3.05) is 20.6 Å². The van der Waals surface area contributed by atoms with E-state index >= 15 is 0 Å². The predicted molar refractivity (Wildman–Crippen MR) is 73.3 cm³/mol. The van der Waals surface area contributed by atoms with E-state index in [1.165, 1.54) is 12.3 Å². The number of hydrogen-bond donors (Lipinski definition) is 1. The van der Waals surface area contributed by atoms with Crippen molar-refractivity contribution < 1.29 is 17.2 Å². The number of aromatic nitrogens is 1. The molecule has 0 amide bonds. The molecular formula is C12H21F2N3O2S. The quantitative estimate of drug-likeness (QED) is 0.792. The second-order valence-electron chi connectivity index (χ2n) is 4.57. The molecule has 8 heteroatoms. The minimum Gasteiger partial charge on any atom is -0.349 e. The largest absolute Gasteiger partial charge is 0.349 e. The van der Waals surface area contributed by atoms with Gasteiger partial charge in [0.15, 0.2) is 0 Å². The lowest BCUT2D eigenvalue weighted by atomic mass is 10.4. The van der Waals surface area contributed by atoms with Gasteiger partial charge in [-0.05, 0) is 19.5 Å². The Labute approximate surface area is 118 Å². The molecule has 0 aliphatic rings. The number of aryl methyl sites for hydroxylation is 1. The zero-order valence-electron chi connectivity index (χ0n) is 11.9. The molecule has 0 saturated carbocycles. The predicted octanol–water partition coefficient (Wildman–Crippen LogP) is 1.50. The van der Waals surface area contributed by atoms with Crippen molar-refractivity contribution in [3.8, 4) is 0 Å². The van der Waals surface area contributed by atoms with Crippen LogP contribution in [0.3, 0.4) is 0 Å². The van der Waals surface area contributed by atoms with E-state index in [-0.39, 0.29) is 4.90 Å². The summed E-state index contributed by atoms with van der Waals surface area (Å²) in [6.45, 7) is 2.39. The smallest absolute Gasteiger partial charge is 0.252 e. The molecule has 1 rings (SSSR count). The molecular weight excluding hydrogens is 288 g/mol. The number of rotatable bonds is 8. The van der Waals surface area contributed by atoms with Gasteiger partial charge in [0, 0.05) is 32.0 Å². The van der Waals surface area contributed by atoms with Crippen LogP contribution in [-0.2, 0) is 23.1 Å². The first-order chi connectivity index (χ1) is 9.32. The van der Waals surface area contributed by atoms with Crippen LogP contribution < -0.4 is 5.32 Å². The van der Waals surface area contributed by atoms with E-state index in [1.54, 1.807) is 7.05 Å². The third-order valence-electron chi connectivity index (χ3n) is 2.89. The normalized spacial score (nSPS) is 12.6. The SMILES string of the molecule is CCCn1cc(S(=O)(=O)N(C)CC(F)F)cc1CNC. The highest BCUT2D eigenvalue weighted by molar-refractivity contribution is 7.89. The minimum atomic E-state index is -3.87. The average molecular weight is 309 g/mol. The van der Waals surface area contributed by atoms with E-state index in [1.807, 2.05) is 11.5 Å². The Bertz CT molecular complexity index is 505. The number of alkyl halides is 2. The van der Waals surface area contributed by atoms with Crippen molar-refractivity contribution >= 4 is 10.0 Å². The molecule has 0 spiro atoms. The Morgan fingerprint density at radius 2 is 2.10 bits per heavy atom. The minimum absolute atomic E-state index is 0.0550. The van der Waals surface area contributed by atoms with Crippen LogP contribution in [0.4, 0.5) is 8.78 Å². The molecule has 1 aromatic heterocycles. The average Bonchev–Trinajstić information content (AvgIpc) is 2.73. The van der Waals surface area contributed by atoms with Crippen molar-refractivity contribution in [1.82, 2.24) is 14.2 Å². The lowest BCUT2D eigenvalue weighted by Gasteiger charge is -2.15. The van der Waals surface area contributed by atoms with E-state index in [0.717, 1.165) is 19.2 Å². The van der Waals surface area contributed by atoms with Gasteiger partial charge in [-0.15, -0.1) is 0 Å². The van der Waals surface area contributed by atoms with Crippen LogP contribution in [0.1, 0.15) is 19.0 Å². The number of sulfonamides is 1. The lowest BCUT2D eigenvalue weighted by molar-refractivity contribution is 0.126. The summed E-state index contributed by atoms with van der Waals surface area (Å²) in [5.74, 6) is 0. The van der Waals surface area contributed by atoms with Crippen LogP contribution in [0.5, 0.6) is 0 Å². The second-order valence-corrected chi connectivity index (χ2v) is 6.61. The highest BCUT2D eigenvalue weighted by atomic mass is 32.2. The van der Waals surface area contributed by atoms with Gasteiger partial charge in [0.05, 0.1) is 6.54 Å². The van der Waals surface area contributed by atoms with Gasteiger partial charge in [-0.1, -0.05) is 6.92 Å². The molecule has 20 heavy (non-hydrogen) atoms. The fourth-order valence-electron chi connectivity index (χ4n) is 1.92. The molecule has 5 nitrogen and oxygen atoms in total. The van der Waals surface area contributed by atoms with Crippen molar-refractivity contribution in [3.63, 3.8) is 0 Å². The maximum Gasteiger partial charge on any atom is 0.252 e. The van der Waals surface area contributed by atoms with Gasteiger partial charge < -0.3 is 9.88 Å². The van der Waals surface area contributed by atoms with E-state index in [4.69, 9.17) is 0 Å². The molecule has 1 N–H and O–H groups in total. The summed E-state index contributed by atoms with van der Waals surface area (Å²) in [5, 5.41) is 2.96. The second kappa shape index (κ2) is 7.14. The highest BCUT2D eigenvalue weighted by Gasteiger charge is 2.25. The van der Waals surface area contributed by atoms with Crippen molar-refractivity contribution in [2.45, 2.75) is 37.8 Å². The molecule has 0 aliphatic heterocycles. The molecule has 0 radical (unpaired) electrons. The summed E-state index contributed by atoms with van der Waals surface area (Å²) in [6.07, 6.45) is -0.324. The number of hydrogen-bond acceptors (Lipinski definition) is 3. The fraction of sp³-hybridized carbons (Fsp3) is 0.667. The van der Waals surface area contributed by atoms with Gasteiger partial charge in [0.1, 0.15) is 4.90 Å². The molecule has 0 bridgehead atoms. The molecule has 0 aliphatic carbocycles. The van der Waals surface area contributed by atoms with Crippen LogP contribution in [0.2, 0.25) is 0 Å². The Morgan fingerprint density at radius 3 is 2.60 bits per heavy atom. The highest BCUT2D eigenvalue weighted by Crippen LogP contribution is 2.19. The maximum atomic E-state index is 12.3. The zero-order chi connectivity index (χ0) is 15.3. The summed E-state index contributed by atoms with van der Waals surface area (Å²) in [7, 11) is -0.940. The monoisotopic (exact) mass is 309 g/mol. The van der Waals surface area contributed by atoms with Crippen LogP contribution >= 0.6 is 0 Å². The first-order valence-corrected chi connectivity index (χ1v) is 7.85. The summed E-state index contributed by atoms with van der Waals surface area (Å²) < 4.78 is 51.6. The first-order valence-electron chi connectivity index (χ1n) is 6.41. The molecule has 0 atom stereocenters. The van der Waals surface area contributed by atoms with Crippen LogP contribution in [0.15, 0.2) is 17.2 Å². The summed E-state index contributed by atoms with van der Waals surface area (Å²) in [6, 6.07) is 1.53. The van der Waals surface area contributed by atoms with Gasteiger partial charge >= 0.3 is 0 Å². The van der Waals surface area contributed by atoms with E-state index in [0.29, 0.717) is 17.4 Å². The molecule has 0 aromatic carbocycles. The van der Waals surface area contributed by atoms with E-state index in [9.17, 15) is 17.2 Å². The topological polar surface area (TPSA) is 54.3 Å². The molecule has 0 fully saturated rings. The van der Waals surface area contributed by atoms with Crippen molar-refractivity contribution in [1.29, 1.82) is 0 Å². The Morgan fingerprint density at radius 1 is 1.45 bits per heavy atom. The van der Waals surface area contributed by atoms with Crippen LogP contribution in [-0.4, -0.2) is 44.4 Å².